The molecule has 23 heavy (non-hydrogen) atoms. The van der Waals surface area contributed by atoms with Gasteiger partial charge < -0.3 is 0 Å². The van der Waals surface area contributed by atoms with Gasteiger partial charge in [0.15, 0.2) is 0 Å². The highest BCUT2D eigenvalue weighted by Crippen LogP contribution is 2.21. The normalized spacial score (nSPS) is 11.2. The lowest BCUT2D eigenvalue weighted by Gasteiger charge is -2.08. The molecule has 1 aromatic carbocycles. The average Bonchev–Trinajstić information content (AvgIpc) is 2.55. The fourth-order valence-corrected chi connectivity index (χ4v) is 3.15. The minimum absolute atomic E-state index is 0.188. The van der Waals surface area contributed by atoms with Crippen molar-refractivity contribution in [1.29, 1.82) is 0 Å². The van der Waals surface area contributed by atoms with Crippen molar-refractivity contribution < 1.29 is 8.42 Å². The Morgan fingerprint density at radius 1 is 0.957 bits per heavy atom. The van der Waals surface area contributed by atoms with Gasteiger partial charge >= 0.3 is 0 Å². The SMILES string of the molecule is Cc1ccnc(NS(=O)(=O)c2ccc(-c3cccnc3)cc2)c1. The zero-order valence-corrected chi connectivity index (χ0v) is 13.3. The molecule has 0 fully saturated rings. The summed E-state index contributed by atoms with van der Waals surface area (Å²) in [5, 5.41) is 0. The van der Waals surface area contributed by atoms with Crippen molar-refractivity contribution in [2.24, 2.45) is 0 Å². The second-order valence-electron chi connectivity index (χ2n) is 5.09. The Labute approximate surface area is 135 Å². The highest BCUT2D eigenvalue weighted by Gasteiger charge is 2.14. The number of benzene rings is 1. The standard InChI is InChI=1S/C17H15N3O2S/c1-13-8-10-19-17(11-13)20-23(21,22)16-6-4-14(5-7-16)15-3-2-9-18-12-15/h2-12H,1H3,(H,19,20). The summed E-state index contributed by atoms with van der Waals surface area (Å²) in [5.74, 6) is 0.307. The Hall–Kier alpha value is -2.73. The van der Waals surface area contributed by atoms with Gasteiger partial charge in [-0.05, 0) is 53.9 Å². The van der Waals surface area contributed by atoms with E-state index < -0.39 is 10.0 Å². The minimum atomic E-state index is -3.66. The molecule has 0 aliphatic heterocycles. The van der Waals surface area contributed by atoms with E-state index in [2.05, 4.69) is 14.7 Å². The maximum Gasteiger partial charge on any atom is 0.263 e. The third-order valence-corrected chi connectivity index (χ3v) is 4.68. The van der Waals surface area contributed by atoms with Gasteiger partial charge in [-0.3, -0.25) is 9.71 Å². The fraction of sp³-hybridized carbons (Fsp3) is 0.0588. The molecule has 2 heterocycles. The van der Waals surface area contributed by atoms with Crippen LogP contribution in [0, 0.1) is 6.92 Å². The van der Waals surface area contributed by atoms with Gasteiger partial charge in [0.1, 0.15) is 5.82 Å². The van der Waals surface area contributed by atoms with Crippen LogP contribution in [0.3, 0.4) is 0 Å². The smallest absolute Gasteiger partial charge is 0.263 e. The maximum absolute atomic E-state index is 12.4. The van der Waals surface area contributed by atoms with E-state index >= 15 is 0 Å². The lowest BCUT2D eigenvalue weighted by molar-refractivity contribution is 0.601. The zero-order chi connectivity index (χ0) is 16.3. The maximum atomic E-state index is 12.4. The molecule has 0 atom stereocenters. The van der Waals surface area contributed by atoms with Crippen LogP contribution in [0.4, 0.5) is 5.82 Å². The largest absolute Gasteiger partial charge is 0.264 e. The van der Waals surface area contributed by atoms with Crippen LogP contribution >= 0.6 is 0 Å². The first-order valence-electron chi connectivity index (χ1n) is 7.00. The molecule has 116 valence electrons. The molecule has 0 unspecified atom stereocenters. The molecule has 5 nitrogen and oxygen atoms in total. The number of anilines is 1. The van der Waals surface area contributed by atoms with Crippen LogP contribution < -0.4 is 4.72 Å². The van der Waals surface area contributed by atoms with E-state index in [1.165, 1.54) is 0 Å². The molecule has 1 N–H and O–H groups in total. The summed E-state index contributed by atoms with van der Waals surface area (Å²) in [5.41, 5.74) is 2.78. The predicted molar refractivity (Wildman–Crippen MR) is 89.5 cm³/mol. The summed E-state index contributed by atoms with van der Waals surface area (Å²) >= 11 is 0. The third-order valence-electron chi connectivity index (χ3n) is 3.31. The molecular weight excluding hydrogens is 310 g/mol. The zero-order valence-electron chi connectivity index (χ0n) is 12.5. The molecule has 0 amide bonds. The molecule has 0 bridgehead atoms. The van der Waals surface area contributed by atoms with Crippen molar-refractivity contribution in [3.05, 3.63) is 72.7 Å². The van der Waals surface area contributed by atoms with E-state index in [-0.39, 0.29) is 4.90 Å². The number of rotatable bonds is 4. The molecule has 0 aliphatic rings. The third kappa shape index (κ3) is 3.54. The summed E-state index contributed by atoms with van der Waals surface area (Å²) in [6.45, 7) is 1.88. The molecule has 2 aromatic heterocycles. The Morgan fingerprint density at radius 2 is 1.74 bits per heavy atom. The van der Waals surface area contributed by atoms with Crippen LogP contribution in [0.25, 0.3) is 11.1 Å². The fourth-order valence-electron chi connectivity index (χ4n) is 2.15. The molecule has 0 saturated carbocycles. The second kappa shape index (κ2) is 6.18. The van der Waals surface area contributed by atoms with Gasteiger partial charge in [-0.25, -0.2) is 13.4 Å². The number of sulfonamides is 1. The average molecular weight is 325 g/mol. The van der Waals surface area contributed by atoms with Crippen molar-refractivity contribution in [2.75, 3.05) is 4.72 Å². The van der Waals surface area contributed by atoms with E-state index in [9.17, 15) is 8.42 Å². The van der Waals surface area contributed by atoms with Crippen molar-refractivity contribution >= 4 is 15.8 Å². The second-order valence-corrected chi connectivity index (χ2v) is 6.77. The van der Waals surface area contributed by atoms with Crippen molar-refractivity contribution in [1.82, 2.24) is 9.97 Å². The number of nitrogens with one attached hydrogen (secondary N) is 1. The van der Waals surface area contributed by atoms with Gasteiger partial charge in [0, 0.05) is 18.6 Å². The van der Waals surface area contributed by atoms with Crippen LogP contribution in [-0.4, -0.2) is 18.4 Å². The summed E-state index contributed by atoms with van der Waals surface area (Å²) in [7, 11) is -3.66. The molecule has 3 rings (SSSR count). The number of aromatic nitrogens is 2. The molecule has 3 aromatic rings. The van der Waals surface area contributed by atoms with Gasteiger partial charge in [-0.15, -0.1) is 0 Å². The molecule has 6 heteroatoms. The molecule has 0 saturated heterocycles. The highest BCUT2D eigenvalue weighted by molar-refractivity contribution is 7.92. The van der Waals surface area contributed by atoms with E-state index in [0.717, 1.165) is 16.7 Å². The molecule has 0 radical (unpaired) electrons. The number of pyridine rings is 2. The summed E-state index contributed by atoms with van der Waals surface area (Å²) < 4.78 is 27.3. The Kier molecular flexibility index (Phi) is 4.08. The summed E-state index contributed by atoms with van der Waals surface area (Å²) in [4.78, 5) is 8.26. The van der Waals surface area contributed by atoms with E-state index in [1.54, 1.807) is 55.0 Å². The summed E-state index contributed by atoms with van der Waals surface area (Å²) in [6, 6.07) is 13.9. The highest BCUT2D eigenvalue weighted by atomic mass is 32.2. The molecule has 0 spiro atoms. The van der Waals surface area contributed by atoms with Gasteiger partial charge in [0.05, 0.1) is 4.90 Å². The molecular formula is C17H15N3O2S. The quantitative estimate of drug-likeness (QED) is 0.799. The van der Waals surface area contributed by atoms with Crippen LogP contribution in [0.2, 0.25) is 0 Å². The topological polar surface area (TPSA) is 72.0 Å². The van der Waals surface area contributed by atoms with Crippen molar-refractivity contribution in [2.45, 2.75) is 11.8 Å². The Bertz CT molecular complexity index is 908. The predicted octanol–water partition coefficient (Wildman–Crippen LogP) is 3.25. The molecule has 0 aliphatic carbocycles. The Balaban J connectivity index is 1.86. The Morgan fingerprint density at radius 3 is 2.39 bits per heavy atom. The van der Waals surface area contributed by atoms with Gasteiger partial charge in [0.2, 0.25) is 0 Å². The lowest BCUT2D eigenvalue weighted by Crippen LogP contribution is -2.13. The van der Waals surface area contributed by atoms with E-state index in [4.69, 9.17) is 0 Å². The van der Waals surface area contributed by atoms with E-state index in [0.29, 0.717) is 5.82 Å². The van der Waals surface area contributed by atoms with Crippen LogP contribution in [0.15, 0.2) is 72.0 Å². The van der Waals surface area contributed by atoms with Gasteiger partial charge in [-0.1, -0.05) is 18.2 Å². The van der Waals surface area contributed by atoms with Crippen molar-refractivity contribution in [3.8, 4) is 11.1 Å². The minimum Gasteiger partial charge on any atom is -0.264 e. The summed E-state index contributed by atoms with van der Waals surface area (Å²) in [6.07, 6.45) is 5.00. The van der Waals surface area contributed by atoms with Crippen molar-refractivity contribution in [3.63, 3.8) is 0 Å². The number of hydrogen-bond acceptors (Lipinski definition) is 4. The van der Waals surface area contributed by atoms with Crippen LogP contribution in [0.5, 0.6) is 0 Å². The first-order valence-corrected chi connectivity index (χ1v) is 8.49. The monoisotopic (exact) mass is 325 g/mol. The van der Waals surface area contributed by atoms with Crippen LogP contribution in [-0.2, 0) is 10.0 Å². The van der Waals surface area contributed by atoms with Crippen LogP contribution in [0.1, 0.15) is 5.56 Å². The lowest BCUT2D eigenvalue weighted by atomic mass is 10.1. The number of aryl methyl sites for hydroxylation is 1. The van der Waals surface area contributed by atoms with Gasteiger partial charge in [0.25, 0.3) is 10.0 Å². The first-order chi connectivity index (χ1) is 11.0. The number of nitrogens with zero attached hydrogens (tertiary/aromatic N) is 2. The first kappa shape index (κ1) is 15.2. The van der Waals surface area contributed by atoms with Gasteiger partial charge in [-0.2, -0.15) is 0 Å². The number of hydrogen-bond donors (Lipinski definition) is 1. The van der Waals surface area contributed by atoms with E-state index in [1.807, 2.05) is 19.1 Å².